The molecular weight excluding hydrogens is 283 g/mol. The Morgan fingerprint density at radius 2 is 1.90 bits per heavy atom. The summed E-state index contributed by atoms with van der Waals surface area (Å²) in [6.07, 6.45) is 0.167. The van der Waals surface area contributed by atoms with Gasteiger partial charge in [-0.25, -0.2) is 5.01 Å². The van der Waals surface area contributed by atoms with E-state index in [1.54, 1.807) is 17.4 Å². The van der Waals surface area contributed by atoms with E-state index in [9.17, 15) is 18.0 Å². The number of hydrazine groups is 1. The minimum atomic E-state index is -4.13. The van der Waals surface area contributed by atoms with Crippen molar-refractivity contribution in [3.63, 3.8) is 0 Å². The van der Waals surface area contributed by atoms with Crippen LogP contribution in [0, 0.1) is 5.92 Å². The fourth-order valence-corrected chi connectivity index (χ4v) is 2.36. The first-order valence-corrected chi connectivity index (χ1v) is 6.95. The highest BCUT2D eigenvalue weighted by Crippen LogP contribution is 2.33. The molecule has 1 aromatic rings. The van der Waals surface area contributed by atoms with Crippen molar-refractivity contribution in [1.82, 2.24) is 15.4 Å². The van der Waals surface area contributed by atoms with E-state index in [2.05, 4.69) is 10.4 Å². The highest BCUT2D eigenvalue weighted by atomic mass is 19.4. The summed E-state index contributed by atoms with van der Waals surface area (Å²) >= 11 is 0. The van der Waals surface area contributed by atoms with Crippen LogP contribution in [0.3, 0.4) is 0 Å². The van der Waals surface area contributed by atoms with Crippen LogP contribution in [0.1, 0.15) is 24.8 Å². The summed E-state index contributed by atoms with van der Waals surface area (Å²) in [6.45, 7) is 0.482. The first kappa shape index (κ1) is 15.8. The fraction of sp³-hybridized carbons (Fsp3) is 0.571. The number of halogens is 3. The molecule has 2 heterocycles. The summed E-state index contributed by atoms with van der Waals surface area (Å²) in [5.74, 6) is -1.42. The summed E-state index contributed by atoms with van der Waals surface area (Å²) in [5, 5.41) is 1.58. The van der Waals surface area contributed by atoms with Gasteiger partial charge in [0.05, 0.1) is 5.92 Å². The second-order valence-electron chi connectivity index (χ2n) is 5.19. The lowest BCUT2D eigenvalue weighted by Crippen LogP contribution is -2.48. The molecule has 0 aliphatic carbocycles. The van der Waals surface area contributed by atoms with Gasteiger partial charge in [-0.2, -0.15) is 13.2 Å². The van der Waals surface area contributed by atoms with E-state index in [0.717, 1.165) is 5.56 Å². The number of rotatable bonds is 4. The molecule has 1 aliphatic heterocycles. The maximum Gasteiger partial charge on any atom is 0.391 e. The fourth-order valence-electron chi connectivity index (χ4n) is 2.36. The predicted molar refractivity (Wildman–Crippen MR) is 71.1 cm³/mol. The van der Waals surface area contributed by atoms with Gasteiger partial charge in [0.1, 0.15) is 0 Å². The minimum absolute atomic E-state index is 0.0358. The number of pyridine rings is 1. The van der Waals surface area contributed by atoms with Crippen LogP contribution in [-0.2, 0) is 11.2 Å². The number of aromatic nitrogens is 1. The van der Waals surface area contributed by atoms with Gasteiger partial charge in [0.15, 0.2) is 0 Å². The van der Waals surface area contributed by atoms with Gasteiger partial charge >= 0.3 is 6.18 Å². The standard InChI is InChI=1S/C14H18F3N3O/c15-14(16,17)12-5-9-20(10-6-12)19-13(21)2-1-11-3-7-18-8-4-11/h3-4,7-8,12H,1-2,5-6,9-10H2,(H,19,21). The van der Waals surface area contributed by atoms with Gasteiger partial charge in [-0.05, 0) is 37.0 Å². The molecule has 1 saturated heterocycles. The predicted octanol–water partition coefficient (Wildman–Crippen LogP) is 2.32. The van der Waals surface area contributed by atoms with Crippen molar-refractivity contribution in [2.75, 3.05) is 13.1 Å². The summed E-state index contributed by atoms with van der Waals surface area (Å²) in [6, 6.07) is 3.67. The van der Waals surface area contributed by atoms with Crippen molar-refractivity contribution in [1.29, 1.82) is 0 Å². The van der Waals surface area contributed by atoms with E-state index < -0.39 is 12.1 Å². The van der Waals surface area contributed by atoms with Crippen LogP contribution in [-0.4, -0.2) is 35.2 Å². The summed E-state index contributed by atoms with van der Waals surface area (Å²) in [5.41, 5.74) is 3.68. The Balaban J connectivity index is 1.70. The maximum absolute atomic E-state index is 12.5. The van der Waals surface area contributed by atoms with E-state index in [1.165, 1.54) is 0 Å². The van der Waals surface area contributed by atoms with Gasteiger partial charge in [0.25, 0.3) is 0 Å². The zero-order valence-electron chi connectivity index (χ0n) is 11.6. The van der Waals surface area contributed by atoms with Crippen LogP contribution in [0.25, 0.3) is 0 Å². The Hall–Kier alpha value is -1.63. The van der Waals surface area contributed by atoms with Crippen LogP contribution < -0.4 is 5.43 Å². The third-order valence-corrected chi connectivity index (χ3v) is 3.63. The average Bonchev–Trinajstić information content (AvgIpc) is 2.46. The Kier molecular flexibility index (Phi) is 5.17. The molecule has 1 fully saturated rings. The molecular formula is C14H18F3N3O. The van der Waals surface area contributed by atoms with Gasteiger partial charge in [-0.3, -0.25) is 15.2 Å². The van der Waals surface area contributed by atoms with Gasteiger partial charge in [0, 0.05) is 31.9 Å². The van der Waals surface area contributed by atoms with Crippen molar-refractivity contribution < 1.29 is 18.0 Å². The third kappa shape index (κ3) is 5.00. The van der Waals surface area contributed by atoms with E-state index >= 15 is 0 Å². The second kappa shape index (κ2) is 6.89. The lowest BCUT2D eigenvalue weighted by molar-refractivity contribution is -0.186. The topological polar surface area (TPSA) is 45.2 Å². The smallest absolute Gasteiger partial charge is 0.289 e. The largest absolute Gasteiger partial charge is 0.391 e. The lowest BCUT2D eigenvalue weighted by atomic mass is 9.97. The highest BCUT2D eigenvalue weighted by Gasteiger charge is 2.41. The molecule has 1 N–H and O–H groups in total. The van der Waals surface area contributed by atoms with Gasteiger partial charge in [0.2, 0.25) is 5.91 Å². The van der Waals surface area contributed by atoms with E-state index in [-0.39, 0.29) is 31.8 Å². The van der Waals surface area contributed by atoms with Crippen molar-refractivity contribution >= 4 is 5.91 Å². The average molecular weight is 301 g/mol. The van der Waals surface area contributed by atoms with Crippen molar-refractivity contribution in [2.24, 2.45) is 5.92 Å². The first-order valence-electron chi connectivity index (χ1n) is 6.95. The lowest BCUT2D eigenvalue weighted by Gasteiger charge is -2.32. The summed E-state index contributed by atoms with van der Waals surface area (Å²) in [4.78, 5) is 15.7. The number of piperidine rings is 1. The number of nitrogens with zero attached hydrogens (tertiary/aromatic N) is 2. The molecule has 7 heteroatoms. The molecule has 2 rings (SSSR count). The van der Waals surface area contributed by atoms with E-state index in [4.69, 9.17) is 0 Å². The molecule has 0 aromatic carbocycles. The Labute approximate surface area is 121 Å². The van der Waals surface area contributed by atoms with Crippen LogP contribution in [0.5, 0.6) is 0 Å². The molecule has 0 bridgehead atoms. The third-order valence-electron chi connectivity index (χ3n) is 3.63. The second-order valence-corrected chi connectivity index (χ2v) is 5.19. The van der Waals surface area contributed by atoms with Crippen molar-refractivity contribution in [3.05, 3.63) is 30.1 Å². The number of amides is 1. The normalized spacial score (nSPS) is 17.7. The zero-order valence-corrected chi connectivity index (χ0v) is 11.6. The SMILES string of the molecule is O=C(CCc1ccncc1)NN1CCC(C(F)(F)F)CC1. The molecule has 116 valence electrons. The molecule has 0 radical (unpaired) electrons. The van der Waals surface area contributed by atoms with E-state index in [0.29, 0.717) is 12.8 Å². The number of hydrogen-bond acceptors (Lipinski definition) is 3. The molecule has 0 atom stereocenters. The molecule has 0 spiro atoms. The zero-order chi connectivity index (χ0) is 15.3. The Morgan fingerprint density at radius 3 is 2.48 bits per heavy atom. The Bertz CT molecular complexity index is 456. The first-order chi connectivity index (χ1) is 9.95. The molecule has 4 nitrogen and oxygen atoms in total. The van der Waals surface area contributed by atoms with Crippen molar-refractivity contribution in [2.45, 2.75) is 31.9 Å². The highest BCUT2D eigenvalue weighted by molar-refractivity contribution is 5.75. The Morgan fingerprint density at radius 1 is 1.29 bits per heavy atom. The van der Waals surface area contributed by atoms with Gasteiger partial charge in [-0.15, -0.1) is 0 Å². The van der Waals surface area contributed by atoms with Gasteiger partial charge < -0.3 is 0 Å². The van der Waals surface area contributed by atoms with Crippen LogP contribution in [0.15, 0.2) is 24.5 Å². The summed E-state index contributed by atoms with van der Waals surface area (Å²) in [7, 11) is 0. The number of nitrogens with one attached hydrogen (secondary N) is 1. The molecule has 0 unspecified atom stereocenters. The maximum atomic E-state index is 12.5. The quantitative estimate of drug-likeness (QED) is 0.928. The monoisotopic (exact) mass is 301 g/mol. The summed E-state index contributed by atoms with van der Waals surface area (Å²) < 4.78 is 37.6. The minimum Gasteiger partial charge on any atom is -0.289 e. The van der Waals surface area contributed by atoms with Crippen molar-refractivity contribution in [3.8, 4) is 0 Å². The number of alkyl halides is 3. The molecule has 1 aromatic heterocycles. The molecule has 1 amide bonds. The van der Waals surface area contributed by atoms with E-state index in [1.807, 2.05) is 12.1 Å². The molecule has 0 saturated carbocycles. The number of carbonyl (C=O) groups is 1. The number of hydrogen-bond donors (Lipinski definition) is 1. The van der Waals surface area contributed by atoms with Crippen LogP contribution in [0.4, 0.5) is 13.2 Å². The number of aryl methyl sites for hydroxylation is 1. The van der Waals surface area contributed by atoms with Crippen LogP contribution >= 0.6 is 0 Å². The number of carbonyl (C=O) groups excluding carboxylic acids is 1. The molecule has 21 heavy (non-hydrogen) atoms. The van der Waals surface area contributed by atoms with Crippen LogP contribution in [0.2, 0.25) is 0 Å². The molecule has 1 aliphatic rings. The van der Waals surface area contributed by atoms with Gasteiger partial charge in [-0.1, -0.05) is 0 Å².